The molecule has 1 saturated heterocycles. The minimum absolute atomic E-state index is 0.0475. The number of hydrogen-bond acceptors (Lipinski definition) is 5. The Labute approximate surface area is 210 Å². The molecule has 8 nitrogen and oxygen atoms in total. The van der Waals surface area contributed by atoms with Gasteiger partial charge in [-0.05, 0) is 55.3 Å². The van der Waals surface area contributed by atoms with Crippen molar-refractivity contribution >= 4 is 17.5 Å². The standard InChI is InChI=1S/C28H29N5O3/c1-20-8-6-11-23(21(20)2)29-27(34)19-31-13-15-32(16-14-31)28(35)25-18-24(26-12-7-17-36-26)30-33(25)22-9-4-3-5-10-22/h3-12,17-18H,13-16,19H2,1-2H3,(H,29,34). The average Bonchev–Trinajstić information content (AvgIpc) is 3.58. The molecule has 1 aliphatic heterocycles. The molecule has 0 radical (unpaired) electrons. The van der Waals surface area contributed by atoms with E-state index in [1.807, 2.05) is 73.3 Å². The van der Waals surface area contributed by atoms with Gasteiger partial charge >= 0.3 is 0 Å². The van der Waals surface area contributed by atoms with Gasteiger partial charge in [-0.25, -0.2) is 4.68 Å². The van der Waals surface area contributed by atoms with E-state index >= 15 is 0 Å². The fraction of sp³-hybridized carbons (Fsp3) is 0.250. The van der Waals surface area contributed by atoms with Gasteiger partial charge in [-0.2, -0.15) is 5.10 Å². The van der Waals surface area contributed by atoms with Gasteiger partial charge in [-0.15, -0.1) is 0 Å². The van der Waals surface area contributed by atoms with Crippen molar-refractivity contribution in [1.29, 1.82) is 0 Å². The van der Waals surface area contributed by atoms with E-state index < -0.39 is 0 Å². The summed E-state index contributed by atoms with van der Waals surface area (Å²) in [5.74, 6) is 0.468. The normalized spacial score (nSPS) is 14.1. The summed E-state index contributed by atoms with van der Waals surface area (Å²) >= 11 is 0. The highest BCUT2D eigenvalue weighted by atomic mass is 16.3. The van der Waals surface area contributed by atoms with Crippen molar-refractivity contribution in [3.63, 3.8) is 0 Å². The van der Waals surface area contributed by atoms with Crippen LogP contribution in [-0.4, -0.2) is 64.1 Å². The second-order valence-corrected chi connectivity index (χ2v) is 9.00. The minimum Gasteiger partial charge on any atom is -0.463 e. The van der Waals surface area contributed by atoms with Crippen molar-refractivity contribution in [2.45, 2.75) is 13.8 Å². The maximum absolute atomic E-state index is 13.6. The lowest BCUT2D eigenvalue weighted by Gasteiger charge is -2.34. The Bertz CT molecular complexity index is 1350. The summed E-state index contributed by atoms with van der Waals surface area (Å²) in [6, 6.07) is 20.9. The molecule has 3 heterocycles. The molecular weight excluding hydrogens is 454 g/mol. The van der Waals surface area contributed by atoms with E-state index in [-0.39, 0.29) is 11.8 Å². The van der Waals surface area contributed by atoms with Crippen LogP contribution in [-0.2, 0) is 4.79 Å². The van der Waals surface area contributed by atoms with Crippen molar-refractivity contribution in [2.75, 3.05) is 38.0 Å². The first-order chi connectivity index (χ1) is 17.5. The number of amides is 2. The highest BCUT2D eigenvalue weighted by Crippen LogP contribution is 2.24. The molecule has 0 atom stereocenters. The number of benzene rings is 2. The first-order valence-electron chi connectivity index (χ1n) is 12.1. The number of furan rings is 1. The molecule has 1 aliphatic rings. The topological polar surface area (TPSA) is 83.6 Å². The number of piperazine rings is 1. The van der Waals surface area contributed by atoms with Crippen LogP contribution in [0.4, 0.5) is 5.69 Å². The smallest absolute Gasteiger partial charge is 0.272 e. The molecule has 2 amide bonds. The number of rotatable bonds is 6. The molecule has 2 aromatic heterocycles. The largest absolute Gasteiger partial charge is 0.463 e. The molecule has 4 aromatic rings. The first kappa shape index (κ1) is 23.6. The average molecular weight is 484 g/mol. The Balaban J connectivity index is 1.25. The van der Waals surface area contributed by atoms with Gasteiger partial charge in [-0.3, -0.25) is 14.5 Å². The lowest BCUT2D eigenvalue weighted by atomic mass is 10.1. The molecule has 1 N–H and O–H groups in total. The maximum atomic E-state index is 13.6. The van der Waals surface area contributed by atoms with E-state index in [1.165, 1.54) is 0 Å². The Morgan fingerprint density at radius 1 is 0.944 bits per heavy atom. The third-order valence-corrected chi connectivity index (χ3v) is 6.61. The van der Waals surface area contributed by atoms with E-state index in [9.17, 15) is 9.59 Å². The molecule has 0 bridgehead atoms. The number of aromatic nitrogens is 2. The van der Waals surface area contributed by atoms with Crippen molar-refractivity contribution in [3.8, 4) is 17.1 Å². The monoisotopic (exact) mass is 483 g/mol. The second-order valence-electron chi connectivity index (χ2n) is 9.00. The molecule has 2 aromatic carbocycles. The quantitative estimate of drug-likeness (QED) is 0.446. The predicted octanol–water partition coefficient (Wildman–Crippen LogP) is 4.15. The third kappa shape index (κ3) is 4.94. The van der Waals surface area contributed by atoms with Gasteiger partial charge in [0.1, 0.15) is 11.4 Å². The van der Waals surface area contributed by atoms with Crippen molar-refractivity contribution in [1.82, 2.24) is 19.6 Å². The van der Waals surface area contributed by atoms with Gasteiger partial charge in [0.15, 0.2) is 5.76 Å². The summed E-state index contributed by atoms with van der Waals surface area (Å²) in [7, 11) is 0. The molecule has 184 valence electrons. The van der Waals surface area contributed by atoms with E-state index in [4.69, 9.17) is 4.42 Å². The highest BCUT2D eigenvalue weighted by molar-refractivity contribution is 5.95. The van der Waals surface area contributed by atoms with Gasteiger partial charge in [0, 0.05) is 37.9 Å². The number of anilines is 1. The molecule has 36 heavy (non-hydrogen) atoms. The fourth-order valence-electron chi connectivity index (χ4n) is 4.39. The van der Waals surface area contributed by atoms with E-state index in [0.29, 0.717) is 49.9 Å². The number of carbonyl (C=O) groups is 2. The Morgan fingerprint density at radius 2 is 1.72 bits per heavy atom. The number of nitrogens with one attached hydrogen (secondary N) is 1. The molecule has 0 saturated carbocycles. The Morgan fingerprint density at radius 3 is 2.44 bits per heavy atom. The zero-order chi connectivity index (χ0) is 25.1. The third-order valence-electron chi connectivity index (χ3n) is 6.61. The summed E-state index contributed by atoms with van der Waals surface area (Å²) in [5, 5.41) is 7.68. The molecule has 0 aliphatic carbocycles. The SMILES string of the molecule is Cc1cccc(NC(=O)CN2CCN(C(=O)c3cc(-c4ccco4)nn3-c3ccccc3)CC2)c1C. The van der Waals surface area contributed by atoms with Gasteiger partial charge in [0.2, 0.25) is 5.91 Å². The molecule has 0 unspecified atom stereocenters. The second kappa shape index (κ2) is 10.2. The lowest BCUT2D eigenvalue weighted by Crippen LogP contribution is -2.50. The van der Waals surface area contributed by atoms with Crippen LogP contribution in [0.3, 0.4) is 0 Å². The van der Waals surface area contributed by atoms with Crippen LogP contribution in [0.15, 0.2) is 77.4 Å². The minimum atomic E-state index is -0.0938. The summed E-state index contributed by atoms with van der Waals surface area (Å²) < 4.78 is 7.18. The molecule has 5 rings (SSSR count). The summed E-state index contributed by atoms with van der Waals surface area (Å²) in [6.45, 7) is 6.64. The highest BCUT2D eigenvalue weighted by Gasteiger charge is 2.27. The van der Waals surface area contributed by atoms with Crippen molar-refractivity contribution in [3.05, 3.63) is 89.8 Å². The zero-order valence-electron chi connectivity index (χ0n) is 20.5. The van der Waals surface area contributed by atoms with Crippen LogP contribution in [0.2, 0.25) is 0 Å². The Hall–Kier alpha value is -4.17. The van der Waals surface area contributed by atoms with Crippen molar-refractivity contribution < 1.29 is 14.0 Å². The summed E-state index contributed by atoms with van der Waals surface area (Å²) in [4.78, 5) is 30.1. The number of aryl methyl sites for hydroxylation is 1. The first-order valence-corrected chi connectivity index (χ1v) is 12.1. The van der Waals surface area contributed by atoms with Gasteiger partial charge in [-0.1, -0.05) is 30.3 Å². The van der Waals surface area contributed by atoms with Crippen LogP contribution in [0, 0.1) is 13.8 Å². The van der Waals surface area contributed by atoms with E-state index in [1.54, 1.807) is 23.1 Å². The van der Waals surface area contributed by atoms with E-state index in [2.05, 4.69) is 15.3 Å². The fourth-order valence-corrected chi connectivity index (χ4v) is 4.39. The van der Waals surface area contributed by atoms with Gasteiger partial charge < -0.3 is 14.6 Å². The number of carbonyl (C=O) groups excluding carboxylic acids is 2. The molecule has 8 heteroatoms. The van der Waals surface area contributed by atoms with Gasteiger partial charge in [0.05, 0.1) is 18.5 Å². The van der Waals surface area contributed by atoms with Crippen LogP contribution < -0.4 is 5.32 Å². The Kier molecular flexibility index (Phi) is 6.69. The number of hydrogen-bond donors (Lipinski definition) is 1. The van der Waals surface area contributed by atoms with Crippen LogP contribution in [0.25, 0.3) is 17.1 Å². The summed E-state index contributed by atoms with van der Waals surface area (Å²) in [6.07, 6.45) is 1.59. The van der Waals surface area contributed by atoms with Crippen LogP contribution in [0.1, 0.15) is 21.6 Å². The molecular formula is C28H29N5O3. The predicted molar refractivity (Wildman–Crippen MR) is 138 cm³/mol. The number of para-hydroxylation sites is 1. The van der Waals surface area contributed by atoms with Crippen LogP contribution in [0.5, 0.6) is 0 Å². The number of nitrogens with zero attached hydrogens (tertiary/aromatic N) is 4. The van der Waals surface area contributed by atoms with Crippen molar-refractivity contribution in [2.24, 2.45) is 0 Å². The van der Waals surface area contributed by atoms with Crippen LogP contribution >= 0.6 is 0 Å². The lowest BCUT2D eigenvalue weighted by molar-refractivity contribution is -0.117. The molecule has 0 spiro atoms. The van der Waals surface area contributed by atoms with E-state index in [0.717, 1.165) is 22.5 Å². The maximum Gasteiger partial charge on any atom is 0.272 e. The molecule has 1 fully saturated rings. The van der Waals surface area contributed by atoms with Gasteiger partial charge in [0.25, 0.3) is 5.91 Å². The zero-order valence-corrected chi connectivity index (χ0v) is 20.5. The summed E-state index contributed by atoms with van der Waals surface area (Å²) in [5.41, 5.74) is 4.95.